The molecular formula is C40H31N3. The zero-order chi connectivity index (χ0) is 28.9. The van der Waals surface area contributed by atoms with Crippen molar-refractivity contribution in [3.8, 4) is 11.4 Å². The molecule has 43 heavy (non-hydrogen) atoms. The monoisotopic (exact) mass is 553 g/mol. The van der Waals surface area contributed by atoms with Gasteiger partial charge in [0.15, 0.2) is 0 Å². The first-order valence-electron chi connectivity index (χ1n) is 14.8. The standard InChI is InChI=1S/C40H31N3/c1-28-12-17-33(18-13-28)42(34-19-14-29(2)15-20-34)35-23-21-31(22-24-35)41-27-26-30-16-25-37-36-10-6-7-11-38(36)43(40(37)39(30)41)32-8-4-3-5-9-32/h3-27H,1-2H3. The maximum atomic E-state index is 2.41. The maximum Gasteiger partial charge on any atom is 0.0788 e. The first-order chi connectivity index (χ1) is 21.2. The molecule has 0 aliphatic heterocycles. The highest BCUT2D eigenvalue weighted by molar-refractivity contribution is 6.18. The highest BCUT2D eigenvalue weighted by Gasteiger charge is 2.18. The number of aryl methyl sites for hydroxylation is 2. The molecule has 0 atom stereocenters. The molecule has 0 fully saturated rings. The van der Waals surface area contributed by atoms with Crippen LogP contribution in [0.25, 0.3) is 44.1 Å². The summed E-state index contributed by atoms with van der Waals surface area (Å²) in [5.74, 6) is 0. The van der Waals surface area contributed by atoms with E-state index in [4.69, 9.17) is 0 Å². The molecule has 0 aliphatic carbocycles. The second-order valence-electron chi connectivity index (χ2n) is 11.3. The van der Waals surface area contributed by atoms with Crippen LogP contribution in [0.5, 0.6) is 0 Å². The topological polar surface area (TPSA) is 13.1 Å². The van der Waals surface area contributed by atoms with Crippen molar-refractivity contribution in [2.75, 3.05) is 4.90 Å². The van der Waals surface area contributed by atoms with E-state index in [1.807, 2.05) is 0 Å². The van der Waals surface area contributed by atoms with Crippen molar-refractivity contribution in [2.45, 2.75) is 13.8 Å². The molecule has 0 saturated carbocycles. The molecule has 0 amide bonds. The summed E-state index contributed by atoms with van der Waals surface area (Å²) in [6.07, 6.45) is 2.20. The van der Waals surface area contributed by atoms with Gasteiger partial charge in [0.1, 0.15) is 0 Å². The summed E-state index contributed by atoms with van der Waals surface area (Å²) < 4.78 is 4.75. The average Bonchev–Trinajstić information content (AvgIpc) is 3.63. The minimum absolute atomic E-state index is 1.12. The second-order valence-corrected chi connectivity index (χ2v) is 11.3. The normalized spacial score (nSPS) is 11.5. The molecule has 0 radical (unpaired) electrons. The lowest BCUT2D eigenvalue weighted by molar-refractivity contribution is 1.11. The average molecular weight is 554 g/mol. The molecule has 0 unspecified atom stereocenters. The van der Waals surface area contributed by atoms with Crippen molar-refractivity contribution in [1.29, 1.82) is 0 Å². The van der Waals surface area contributed by atoms with Crippen LogP contribution in [0, 0.1) is 13.8 Å². The first-order valence-corrected chi connectivity index (χ1v) is 14.8. The fourth-order valence-electron chi connectivity index (χ4n) is 6.33. The quantitative estimate of drug-likeness (QED) is 0.207. The second kappa shape index (κ2) is 10.1. The molecule has 8 aromatic rings. The van der Waals surface area contributed by atoms with E-state index in [1.165, 1.54) is 43.8 Å². The minimum atomic E-state index is 1.12. The smallest absolute Gasteiger partial charge is 0.0788 e. The van der Waals surface area contributed by atoms with Crippen LogP contribution in [0.3, 0.4) is 0 Å². The number of para-hydroxylation sites is 2. The molecular weight excluding hydrogens is 522 g/mol. The van der Waals surface area contributed by atoms with Crippen molar-refractivity contribution in [3.05, 3.63) is 163 Å². The van der Waals surface area contributed by atoms with E-state index in [9.17, 15) is 0 Å². The van der Waals surface area contributed by atoms with Crippen molar-refractivity contribution in [3.63, 3.8) is 0 Å². The van der Waals surface area contributed by atoms with Gasteiger partial charge in [-0.25, -0.2) is 0 Å². The van der Waals surface area contributed by atoms with Crippen LogP contribution in [0.2, 0.25) is 0 Å². The van der Waals surface area contributed by atoms with Crippen molar-refractivity contribution in [2.24, 2.45) is 0 Å². The van der Waals surface area contributed by atoms with Crippen LogP contribution in [-0.4, -0.2) is 9.13 Å². The first kappa shape index (κ1) is 25.2. The van der Waals surface area contributed by atoms with Crippen LogP contribution < -0.4 is 4.90 Å². The van der Waals surface area contributed by atoms with Crippen molar-refractivity contribution < 1.29 is 0 Å². The molecule has 2 heterocycles. The van der Waals surface area contributed by atoms with Crippen LogP contribution in [0.4, 0.5) is 17.1 Å². The molecule has 0 aliphatic rings. The van der Waals surface area contributed by atoms with Crippen molar-refractivity contribution >= 4 is 49.8 Å². The lowest BCUT2D eigenvalue weighted by Crippen LogP contribution is -2.10. The molecule has 0 bridgehead atoms. The van der Waals surface area contributed by atoms with E-state index in [0.29, 0.717) is 0 Å². The van der Waals surface area contributed by atoms with E-state index >= 15 is 0 Å². The van der Waals surface area contributed by atoms with Gasteiger partial charge in [0.05, 0.1) is 16.6 Å². The third-order valence-corrected chi connectivity index (χ3v) is 8.47. The number of aromatic nitrogens is 2. The van der Waals surface area contributed by atoms with E-state index in [0.717, 1.165) is 28.4 Å². The molecule has 2 aromatic heterocycles. The third kappa shape index (κ3) is 4.21. The van der Waals surface area contributed by atoms with E-state index in [1.54, 1.807) is 0 Å². The molecule has 0 N–H and O–H groups in total. The number of hydrogen-bond acceptors (Lipinski definition) is 1. The Kier molecular flexibility index (Phi) is 5.90. The van der Waals surface area contributed by atoms with Crippen LogP contribution >= 0.6 is 0 Å². The molecule has 3 heteroatoms. The Morgan fingerprint density at radius 2 is 1.02 bits per heavy atom. The van der Waals surface area contributed by atoms with Gasteiger partial charge < -0.3 is 14.0 Å². The fourth-order valence-corrected chi connectivity index (χ4v) is 6.33. The Labute approximate surface area is 251 Å². The van der Waals surface area contributed by atoms with Gasteiger partial charge in [0.25, 0.3) is 0 Å². The summed E-state index contributed by atoms with van der Waals surface area (Å²) in [4.78, 5) is 2.32. The van der Waals surface area contributed by atoms with Gasteiger partial charge in [0.2, 0.25) is 0 Å². The van der Waals surface area contributed by atoms with Crippen LogP contribution in [0.15, 0.2) is 152 Å². The van der Waals surface area contributed by atoms with Gasteiger partial charge in [-0.1, -0.05) is 83.9 Å². The summed E-state index contributed by atoms with van der Waals surface area (Å²) in [5.41, 5.74) is 11.8. The number of nitrogens with zero attached hydrogens (tertiary/aromatic N) is 3. The molecule has 6 aromatic carbocycles. The van der Waals surface area contributed by atoms with Gasteiger partial charge in [-0.3, -0.25) is 0 Å². The van der Waals surface area contributed by atoms with Crippen LogP contribution in [-0.2, 0) is 0 Å². The Bertz CT molecular complexity index is 2170. The summed E-state index contributed by atoms with van der Waals surface area (Å²) in [6, 6.07) is 52.6. The fraction of sp³-hybridized carbons (Fsp3) is 0.0500. The van der Waals surface area contributed by atoms with Crippen LogP contribution in [0.1, 0.15) is 11.1 Å². The molecule has 3 nitrogen and oxygen atoms in total. The van der Waals surface area contributed by atoms with E-state index in [-0.39, 0.29) is 0 Å². The number of benzene rings is 6. The number of rotatable bonds is 5. The minimum Gasteiger partial charge on any atom is -0.315 e. The number of fused-ring (bicyclic) bond motifs is 5. The van der Waals surface area contributed by atoms with Crippen molar-refractivity contribution in [1.82, 2.24) is 9.13 Å². The highest BCUT2D eigenvalue weighted by Crippen LogP contribution is 2.39. The zero-order valence-electron chi connectivity index (χ0n) is 24.3. The third-order valence-electron chi connectivity index (χ3n) is 8.47. The lowest BCUT2D eigenvalue weighted by atomic mass is 10.1. The van der Waals surface area contributed by atoms with Gasteiger partial charge >= 0.3 is 0 Å². The number of hydrogen-bond donors (Lipinski definition) is 0. The van der Waals surface area contributed by atoms with E-state index < -0.39 is 0 Å². The summed E-state index contributed by atoms with van der Waals surface area (Å²) in [6.45, 7) is 4.26. The van der Waals surface area contributed by atoms with Gasteiger partial charge in [-0.15, -0.1) is 0 Å². The maximum absolute atomic E-state index is 2.41. The highest BCUT2D eigenvalue weighted by atomic mass is 15.1. The summed E-state index contributed by atoms with van der Waals surface area (Å²) in [5, 5.41) is 3.74. The summed E-state index contributed by atoms with van der Waals surface area (Å²) >= 11 is 0. The zero-order valence-corrected chi connectivity index (χ0v) is 24.3. The molecule has 0 spiro atoms. The number of anilines is 3. The molecule has 0 saturated heterocycles. The van der Waals surface area contributed by atoms with Gasteiger partial charge in [0, 0.05) is 50.8 Å². The SMILES string of the molecule is Cc1ccc(N(c2ccc(C)cc2)c2ccc(-n3ccc4ccc5c6ccccc6n(-c6ccccc6)c5c43)cc2)cc1. The molecule has 8 rings (SSSR count). The summed E-state index contributed by atoms with van der Waals surface area (Å²) in [7, 11) is 0. The predicted molar refractivity (Wildman–Crippen MR) is 182 cm³/mol. The largest absolute Gasteiger partial charge is 0.315 e. The van der Waals surface area contributed by atoms with E-state index in [2.05, 4.69) is 180 Å². The Hall–Kier alpha value is -5.54. The Morgan fingerprint density at radius 1 is 0.442 bits per heavy atom. The van der Waals surface area contributed by atoms with Gasteiger partial charge in [-0.2, -0.15) is 0 Å². The van der Waals surface area contributed by atoms with Gasteiger partial charge in [-0.05, 0) is 86.6 Å². The lowest BCUT2D eigenvalue weighted by Gasteiger charge is -2.26. The Morgan fingerprint density at radius 3 is 1.67 bits per heavy atom. The Balaban J connectivity index is 1.31. The molecule has 206 valence electrons. The predicted octanol–water partition coefficient (Wildman–Crippen LogP) is 10.8.